The van der Waals surface area contributed by atoms with Crippen molar-refractivity contribution in [3.63, 3.8) is 0 Å². The van der Waals surface area contributed by atoms with Gasteiger partial charge >= 0.3 is 0 Å². The van der Waals surface area contributed by atoms with Crippen molar-refractivity contribution in [2.24, 2.45) is 0 Å². The van der Waals surface area contributed by atoms with Gasteiger partial charge in [-0.25, -0.2) is 0 Å². The molecule has 0 saturated heterocycles. The second kappa shape index (κ2) is 4.37. The maximum Gasteiger partial charge on any atom is 0.251 e. The van der Waals surface area contributed by atoms with E-state index in [0.717, 1.165) is 17.7 Å². The summed E-state index contributed by atoms with van der Waals surface area (Å²) >= 11 is 0. The summed E-state index contributed by atoms with van der Waals surface area (Å²) in [6.45, 7) is 3.34. The Balaban J connectivity index is 1.87. The van der Waals surface area contributed by atoms with E-state index in [0.29, 0.717) is 6.54 Å². The lowest BCUT2D eigenvalue weighted by Gasteiger charge is -2.18. The molecule has 2 rings (SSSR count). The maximum absolute atomic E-state index is 11.5. The largest absolute Gasteiger partial charge is 0.488 e. The van der Waals surface area contributed by atoms with Crippen LogP contribution in [0.3, 0.4) is 0 Å². The van der Waals surface area contributed by atoms with Crippen molar-refractivity contribution in [3.8, 4) is 5.75 Å². The zero-order chi connectivity index (χ0) is 12.5. The van der Waals surface area contributed by atoms with Crippen LogP contribution in [-0.4, -0.2) is 29.3 Å². The molecule has 92 valence electrons. The second-order valence-corrected chi connectivity index (χ2v) is 4.82. The number of amides is 1. The Morgan fingerprint density at radius 2 is 2.24 bits per heavy atom. The lowest BCUT2D eigenvalue weighted by Crippen LogP contribution is -2.45. The number of carbonyl (C=O) groups is 1. The number of benzene rings is 1. The molecular formula is C13H17NO3. The molecule has 1 aromatic carbocycles. The highest BCUT2D eigenvalue weighted by Crippen LogP contribution is 2.27. The number of hydrogen-bond acceptors (Lipinski definition) is 3. The molecule has 1 atom stereocenters. The molecule has 0 bridgehead atoms. The van der Waals surface area contributed by atoms with Crippen LogP contribution < -0.4 is 10.1 Å². The number of carbonyl (C=O) groups excluding carboxylic acids is 1. The number of para-hydroxylation sites is 1. The predicted molar refractivity (Wildman–Crippen MR) is 63.9 cm³/mol. The van der Waals surface area contributed by atoms with E-state index in [1.165, 1.54) is 13.8 Å². The standard InChI is InChI=1S/C13H17NO3/c1-13(2,16)12(15)14-8-10-7-9-5-3-4-6-11(9)17-10/h3-6,10,16H,7-8H2,1-2H3,(H,14,15). The molecule has 1 aliphatic heterocycles. The summed E-state index contributed by atoms with van der Waals surface area (Å²) in [7, 11) is 0. The SMILES string of the molecule is CC(C)(O)C(=O)NCC1Cc2ccccc2O1. The molecule has 2 N–H and O–H groups in total. The lowest BCUT2D eigenvalue weighted by atomic mass is 10.1. The molecule has 0 spiro atoms. The molecule has 0 radical (unpaired) electrons. The highest BCUT2D eigenvalue weighted by molar-refractivity contribution is 5.83. The number of nitrogens with one attached hydrogen (secondary N) is 1. The van der Waals surface area contributed by atoms with Gasteiger partial charge in [0.25, 0.3) is 5.91 Å². The Morgan fingerprint density at radius 1 is 1.53 bits per heavy atom. The van der Waals surface area contributed by atoms with Gasteiger partial charge < -0.3 is 15.2 Å². The monoisotopic (exact) mass is 235 g/mol. The van der Waals surface area contributed by atoms with E-state index in [2.05, 4.69) is 5.32 Å². The van der Waals surface area contributed by atoms with Crippen LogP contribution in [0.25, 0.3) is 0 Å². The molecule has 4 heteroatoms. The molecule has 1 amide bonds. The number of fused-ring (bicyclic) bond motifs is 1. The van der Waals surface area contributed by atoms with Gasteiger partial charge in [-0.05, 0) is 25.5 Å². The van der Waals surface area contributed by atoms with Gasteiger partial charge in [0.05, 0.1) is 6.54 Å². The van der Waals surface area contributed by atoms with Crippen LogP contribution in [0.15, 0.2) is 24.3 Å². The molecule has 1 unspecified atom stereocenters. The summed E-state index contributed by atoms with van der Waals surface area (Å²) in [6, 6.07) is 7.84. The average molecular weight is 235 g/mol. The molecule has 0 fully saturated rings. The van der Waals surface area contributed by atoms with Crippen molar-refractivity contribution < 1.29 is 14.6 Å². The Morgan fingerprint density at radius 3 is 2.88 bits per heavy atom. The molecule has 1 aliphatic rings. The van der Waals surface area contributed by atoms with Gasteiger partial charge in [-0.3, -0.25) is 4.79 Å². The minimum absolute atomic E-state index is 0.0429. The summed E-state index contributed by atoms with van der Waals surface area (Å²) in [5, 5.41) is 12.2. The quantitative estimate of drug-likeness (QED) is 0.817. The third-order valence-corrected chi connectivity index (χ3v) is 2.76. The van der Waals surface area contributed by atoms with Crippen LogP contribution in [0.1, 0.15) is 19.4 Å². The minimum atomic E-state index is -1.34. The van der Waals surface area contributed by atoms with Crippen molar-refractivity contribution in [2.45, 2.75) is 32.0 Å². The van der Waals surface area contributed by atoms with Gasteiger partial charge in [-0.2, -0.15) is 0 Å². The lowest BCUT2D eigenvalue weighted by molar-refractivity contribution is -0.136. The minimum Gasteiger partial charge on any atom is -0.488 e. The summed E-state index contributed by atoms with van der Waals surface area (Å²) in [4.78, 5) is 11.5. The molecule has 1 aromatic rings. The van der Waals surface area contributed by atoms with Gasteiger partial charge in [0, 0.05) is 6.42 Å². The molecule has 17 heavy (non-hydrogen) atoms. The third kappa shape index (κ3) is 2.77. The van der Waals surface area contributed by atoms with E-state index < -0.39 is 5.60 Å². The first-order valence-corrected chi connectivity index (χ1v) is 5.72. The third-order valence-electron chi connectivity index (χ3n) is 2.76. The number of ether oxygens (including phenoxy) is 1. The van der Waals surface area contributed by atoms with E-state index in [1.807, 2.05) is 24.3 Å². The highest BCUT2D eigenvalue weighted by atomic mass is 16.5. The van der Waals surface area contributed by atoms with Gasteiger partial charge in [0.2, 0.25) is 0 Å². The van der Waals surface area contributed by atoms with Gasteiger partial charge in [-0.1, -0.05) is 18.2 Å². The van der Waals surface area contributed by atoms with Gasteiger partial charge in [0.15, 0.2) is 0 Å². The van der Waals surface area contributed by atoms with Crippen LogP contribution in [0.2, 0.25) is 0 Å². The number of hydrogen-bond donors (Lipinski definition) is 2. The predicted octanol–water partition coefficient (Wildman–Crippen LogP) is 0.877. The van der Waals surface area contributed by atoms with E-state index >= 15 is 0 Å². The first-order valence-electron chi connectivity index (χ1n) is 5.72. The Hall–Kier alpha value is -1.55. The zero-order valence-electron chi connectivity index (χ0n) is 10.1. The van der Waals surface area contributed by atoms with Crippen LogP contribution in [0, 0.1) is 0 Å². The van der Waals surface area contributed by atoms with E-state index in [1.54, 1.807) is 0 Å². The van der Waals surface area contributed by atoms with Gasteiger partial charge in [-0.15, -0.1) is 0 Å². The Labute approximate surface area is 101 Å². The molecular weight excluding hydrogens is 218 g/mol. The van der Waals surface area contributed by atoms with Crippen LogP contribution >= 0.6 is 0 Å². The molecule has 0 aromatic heterocycles. The fourth-order valence-electron chi connectivity index (χ4n) is 1.79. The summed E-state index contributed by atoms with van der Waals surface area (Å²) in [5.74, 6) is 0.507. The van der Waals surface area contributed by atoms with Crippen LogP contribution in [-0.2, 0) is 11.2 Å². The van der Waals surface area contributed by atoms with E-state index in [4.69, 9.17) is 4.74 Å². The fraction of sp³-hybridized carbons (Fsp3) is 0.462. The van der Waals surface area contributed by atoms with Crippen molar-refractivity contribution in [1.29, 1.82) is 0 Å². The van der Waals surface area contributed by atoms with Crippen molar-refractivity contribution in [1.82, 2.24) is 5.32 Å². The molecule has 1 heterocycles. The summed E-state index contributed by atoms with van der Waals surface area (Å²) < 4.78 is 5.67. The molecule has 0 saturated carbocycles. The first kappa shape index (κ1) is 11.9. The van der Waals surface area contributed by atoms with Crippen LogP contribution in [0.5, 0.6) is 5.75 Å². The van der Waals surface area contributed by atoms with Gasteiger partial charge in [0.1, 0.15) is 17.5 Å². The maximum atomic E-state index is 11.5. The topological polar surface area (TPSA) is 58.6 Å². The van der Waals surface area contributed by atoms with Crippen molar-refractivity contribution >= 4 is 5.91 Å². The smallest absolute Gasteiger partial charge is 0.251 e. The normalized spacial score (nSPS) is 18.4. The zero-order valence-corrected chi connectivity index (χ0v) is 10.1. The second-order valence-electron chi connectivity index (χ2n) is 4.82. The average Bonchev–Trinajstić information content (AvgIpc) is 2.66. The fourth-order valence-corrected chi connectivity index (χ4v) is 1.79. The number of aliphatic hydroxyl groups is 1. The number of rotatable bonds is 3. The molecule has 0 aliphatic carbocycles. The van der Waals surface area contributed by atoms with Crippen LogP contribution in [0.4, 0.5) is 0 Å². The summed E-state index contributed by atoms with van der Waals surface area (Å²) in [5.41, 5.74) is -0.180. The van der Waals surface area contributed by atoms with E-state index in [9.17, 15) is 9.90 Å². The van der Waals surface area contributed by atoms with E-state index in [-0.39, 0.29) is 12.0 Å². The summed E-state index contributed by atoms with van der Waals surface area (Å²) in [6.07, 6.45) is 0.751. The Kier molecular flexibility index (Phi) is 3.07. The first-order chi connectivity index (χ1) is 7.97. The highest BCUT2D eigenvalue weighted by Gasteiger charge is 2.27. The molecule has 4 nitrogen and oxygen atoms in total. The Bertz CT molecular complexity index is 398. The van der Waals surface area contributed by atoms with Crippen molar-refractivity contribution in [2.75, 3.05) is 6.54 Å². The van der Waals surface area contributed by atoms with Crippen molar-refractivity contribution in [3.05, 3.63) is 29.8 Å².